The molecule has 2 aromatic heterocycles. The third-order valence-electron chi connectivity index (χ3n) is 4.00. The molecule has 0 amide bonds. The number of hydrogen-bond acceptors (Lipinski definition) is 6. The summed E-state index contributed by atoms with van der Waals surface area (Å²) in [6.45, 7) is 2.18. The van der Waals surface area contributed by atoms with Gasteiger partial charge in [0.25, 0.3) is 5.56 Å². The van der Waals surface area contributed by atoms with Gasteiger partial charge in [-0.1, -0.05) is 53.7 Å². The predicted molar refractivity (Wildman–Crippen MR) is 92.0 cm³/mol. The first-order valence-corrected chi connectivity index (χ1v) is 7.99. The zero-order chi connectivity index (χ0) is 17.2. The van der Waals surface area contributed by atoms with Gasteiger partial charge >= 0.3 is 0 Å². The van der Waals surface area contributed by atoms with Crippen LogP contribution in [-0.2, 0) is 13.0 Å². The summed E-state index contributed by atoms with van der Waals surface area (Å²) in [5.74, 6) is 0.792. The molecular formula is C18H15N5O2. The Bertz CT molecular complexity index is 1080. The van der Waals surface area contributed by atoms with Gasteiger partial charge < -0.3 is 4.52 Å². The molecule has 0 aliphatic carbocycles. The summed E-state index contributed by atoms with van der Waals surface area (Å²) in [5.41, 5.74) is 2.43. The van der Waals surface area contributed by atoms with Crippen molar-refractivity contribution in [1.82, 2.24) is 25.1 Å². The minimum Gasteiger partial charge on any atom is -0.337 e. The van der Waals surface area contributed by atoms with E-state index in [1.807, 2.05) is 30.3 Å². The van der Waals surface area contributed by atoms with Gasteiger partial charge in [-0.3, -0.25) is 4.79 Å². The van der Waals surface area contributed by atoms with Crippen LogP contribution in [0.5, 0.6) is 0 Å². The molecule has 0 unspecified atom stereocenters. The van der Waals surface area contributed by atoms with Crippen molar-refractivity contribution >= 4 is 10.9 Å². The van der Waals surface area contributed by atoms with Gasteiger partial charge in [0.15, 0.2) is 0 Å². The summed E-state index contributed by atoms with van der Waals surface area (Å²) in [7, 11) is 0. The van der Waals surface area contributed by atoms with Gasteiger partial charge in [-0.05, 0) is 24.1 Å². The third kappa shape index (κ3) is 2.91. The number of aromatic nitrogens is 5. The SMILES string of the molecule is CCc1ccc(-c2noc(Cn3nnc4ccccc4c3=O)n2)cc1. The number of nitrogens with zero attached hydrogens (tertiary/aromatic N) is 5. The number of aryl methyl sites for hydroxylation is 1. The van der Waals surface area contributed by atoms with E-state index < -0.39 is 0 Å². The van der Waals surface area contributed by atoms with Gasteiger partial charge in [0.1, 0.15) is 12.1 Å². The molecule has 0 bridgehead atoms. The fourth-order valence-electron chi connectivity index (χ4n) is 2.58. The van der Waals surface area contributed by atoms with Crippen molar-refractivity contribution in [3.05, 3.63) is 70.3 Å². The molecular weight excluding hydrogens is 318 g/mol. The van der Waals surface area contributed by atoms with E-state index in [0.29, 0.717) is 22.6 Å². The van der Waals surface area contributed by atoms with Gasteiger partial charge in [-0.15, -0.1) is 5.10 Å². The topological polar surface area (TPSA) is 86.7 Å². The number of rotatable bonds is 4. The molecule has 0 saturated heterocycles. The van der Waals surface area contributed by atoms with Crippen molar-refractivity contribution in [2.45, 2.75) is 19.9 Å². The smallest absolute Gasteiger partial charge is 0.278 e. The zero-order valence-electron chi connectivity index (χ0n) is 13.6. The average Bonchev–Trinajstić information content (AvgIpc) is 3.13. The van der Waals surface area contributed by atoms with Crippen LogP contribution in [0.4, 0.5) is 0 Å². The molecule has 0 aliphatic rings. The van der Waals surface area contributed by atoms with Crippen molar-refractivity contribution < 1.29 is 4.52 Å². The molecule has 0 atom stereocenters. The Morgan fingerprint density at radius 1 is 1.08 bits per heavy atom. The van der Waals surface area contributed by atoms with E-state index in [9.17, 15) is 4.79 Å². The Labute approximate surface area is 142 Å². The van der Waals surface area contributed by atoms with E-state index in [-0.39, 0.29) is 12.1 Å². The minimum absolute atomic E-state index is 0.0801. The Kier molecular flexibility index (Phi) is 3.81. The van der Waals surface area contributed by atoms with Crippen LogP contribution in [0.25, 0.3) is 22.3 Å². The van der Waals surface area contributed by atoms with Crippen LogP contribution in [0, 0.1) is 0 Å². The fourth-order valence-corrected chi connectivity index (χ4v) is 2.58. The van der Waals surface area contributed by atoms with Crippen molar-refractivity contribution in [2.24, 2.45) is 0 Å². The number of hydrogen-bond donors (Lipinski definition) is 0. The van der Waals surface area contributed by atoms with Crippen LogP contribution in [-0.4, -0.2) is 25.1 Å². The average molecular weight is 333 g/mol. The lowest BCUT2D eigenvalue weighted by Crippen LogP contribution is -2.24. The number of fused-ring (bicyclic) bond motifs is 1. The lowest BCUT2D eigenvalue weighted by Gasteiger charge is -2.01. The van der Waals surface area contributed by atoms with E-state index in [0.717, 1.165) is 12.0 Å². The third-order valence-corrected chi connectivity index (χ3v) is 4.00. The van der Waals surface area contributed by atoms with Crippen molar-refractivity contribution in [2.75, 3.05) is 0 Å². The fraction of sp³-hybridized carbons (Fsp3) is 0.167. The van der Waals surface area contributed by atoms with E-state index in [1.54, 1.807) is 18.2 Å². The quantitative estimate of drug-likeness (QED) is 0.570. The number of benzene rings is 2. The first-order valence-electron chi connectivity index (χ1n) is 7.99. The van der Waals surface area contributed by atoms with Gasteiger partial charge in [0, 0.05) is 5.56 Å². The molecule has 0 aliphatic heterocycles. The standard InChI is InChI=1S/C18H15N5O2/c1-2-12-7-9-13(10-8-12)17-19-16(25-21-17)11-23-18(24)14-5-3-4-6-15(14)20-22-23/h3-10H,2,11H2,1H3. The molecule has 7 nitrogen and oxygen atoms in total. The Hall–Kier alpha value is -3.35. The summed E-state index contributed by atoms with van der Waals surface area (Å²) in [5, 5.41) is 12.5. The largest absolute Gasteiger partial charge is 0.337 e. The Morgan fingerprint density at radius 2 is 1.88 bits per heavy atom. The lowest BCUT2D eigenvalue weighted by atomic mass is 10.1. The molecule has 0 radical (unpaired) electrons. The molecule has 2 aromatic carbocycles. The van der Waals surface area contributed by atoms with Crippen molar-refractivity contribution in [3.8, 4) is 11.4 Å². The molecule has 4 aromatic rings. The summed E-state index contributed by atoms with van der Waals surface area (Å²) < 4.78 is 6.48. The monoisotopic (exact) mass is 333 g/mol. The normalized spacial score (nSPS) is 11.1. The van der Waals surface area contributed by atoms with Crippen LogP contribution in [0.3, 0.4) is 0 Å². The van der Waals surface area contributed by atoms with Gasteiger partial charge in [-0.2, -0.15) is 4.98 Å². The molecule has 4 rings (SSSR count). The van der Waals surface area contributed by atoms with Crippen LogP contribution in [0.2, 0.25) is 0 Å². The van der Waals surface area contributed by atoms with Crippen molar-refractivity contribution in [1.29, 1.82) is 0 Å². The molecule has 7 heteroatoms. The summed E-state index contributed by atoms with van der Waals surface area (Å²) in [6, 6.07) is 15.0. The summed E-state index contributed by atoms with van der Waals surface area (Å²) in [4.78, 5) is 16.8. The molecule has 0 fully saturated rings. The Morgan fingerprint density at radius 3 is 2.68 bits per heavy atom. The molecule has 124 valence electrons. The van der Waals surface area contributed by atoms with Crippen LogP contribution >= 0.6 is 0 Å². The molecule has 0 saturated carbocycles. The zero-order valence-corrected chi connectivity index (χ0v) is 13.6. The minimum atomic E-state index is -0.238. The second-order valence-corrected chi connectivity index (χ2v) is 5.63. The summed E-state index contributed by atoms with van der Waals surface area (Å²) in [6.07, 6.45) is 0.974. The predicted octanol–water partition coefficient (Wildman–Crippen LogP) is 2.45. The maximum Gasteiger partial charge on any atom is 0.278 e. The maximum absolute atomic E-state index is 12.5. The van der Waals surface area contributed by atoms with E-state index in [2.05, 4.69) is 27.4 Å². The lowest BCUT2D eigenvalue weighted by molar-refractivity contribution is 0.361. The Balaban J connectivity index is 1.63. The van der Waals surface area contributed by atoms with Gasteiger partial charge in [-0.25, -0.2) is 4.68 Å². The highest BCUT2D eigenvalue weighted by molar-refractivity contribution is 5.76. The first kappa shape index (κ1) is 15.2. The molecule has 0 spiro atoms. The summed E-state index contributed by atoms with van der Waals surface area (Å²) >= 11 is 0. The van der Waals surface area contributed by atoms with Gasteiger partial charge in [0.05, 0.1) is 5.39 Å². The van der Waals surface area contributed by atoms with E-state index in [4.69, 9.17) is 4.52 Å². The highest BCUT2D eigenvalue weighted by Gasteiger charge is 2.12. The first-order chi connectivity index (χ1) is 12.2. The van der Waals surface area contributed by atoms with Crippen LogP contribution in [0.15, 0.2) is 57.8 Å². The second kappa shape index (κ2) is 6.27. The van der Waals surface area contributed by atoms with Crippen LogP contribution in [0.1, 0.15) is 18.4 Å². The molecule has 0 N–H and O–H groups in total. The van der Waals surface area contributed by atoms with Crippen molar-refractivity contribution in [3.63, 3.8) is 0 Å². The molecule has 25 heavy (non-hydrogen) atoms. The van der Waals surface area contributed by atoms with Gasteiger partial charge in [0.2, 0.25) is 11.7 Å². The maximum atomic E-state index is 12.5. The van der Waals surface area contributed by atoms with E-state index in [1.165, 1.54) is 10.2 Å². The molecule has 2 heterocycles. The second-order valence-electron chi connectivity index (χ2n) is 5.63. The van der Waals surface area contributed by atoms with Crippen LogP contribution < -0.4 is 5.56 Å². The highest BCUT2D eigenvalue weighted by atomic mass is 16.5. The van der Waals surface area contributed by atoms with E-state index >= 15 is 0 Å². The highest BCUT2D eigenvalue weighted by Crippen LogP contribution is 2.17.